The zero-order valence-electron chi connectivity index (χ0n) is 28.0. The first kappa shape index (κ1) is 33.0. The van der Waals surface area contributed by atoms with Crippen molar-refractivity contribution in [3.05, 3.63) is 53.7 Å². The Morgan fingerprint density at radius 3 is 2.44 bits per heavy atom. The molecule has 0 bridgehead atoms. The summed E-state index contributed by atoms with van der Waals surface area (Å²) in [6.07, 6.45) is -0.997. The largest absolute Gasteiger partial charge is 0.497 e. The van der Waals surface area contributed by atoms with Crippen molar-refractivity contribution in [2.75, 3.05) is 42.4 Å². The van der Waals surface area contributed by atoms with Gasteiger partial charge >= 0.3 is 12.2 Å². The molecule has 4 aromatic rings. The number of imide groups is 1. The number of nitrogens with zero attached hydrogens (tertiary/aromatic N) is 6. The van der Waals surface area contributed by atoms with Gasteiger partial charge in [0.15, 0.2) is 17.4 Å². The van der Waals surface area contributed by atoms with Gasteiger partial charge in [0.25, 0.3) is 5.92 Å². The lowest BCUT2D eigenvalue weighted by atomic mass is 9.91. The molecule has 2 aliphatic heterocycles. The maximum Gasteiger partial charge on any atom is 0.435 e. The maximum atomic E-state index is 13.8. The summed E-state index contributed by atoms with van der Waals surface area (Å²) in [6.45, 7) is 5.33. The van der Waals surface area contributed by atoms with Gasteiger partial charge in [-0.3, -0.25) is 4.79 Å². The molecule has 7 rings (SSSR count). The first-order valence-corrected chi connectivity index (χ1v) is 16.0. The van der Waals surface area contributed by atoms with Crippen LogP contribution in [0.5, 0.6) is 11.5 Å². The van der Waals surface area contributed by atoms with Crippen molar-refractivity contribution in [2.45, 2.75) is 62.9 Å². The van der Waals surface area contributed by atoms with Crippen molar-refractivity contribution in [3.8, 4) is 11.5 Å². The SMILES string of the molecule is COc1ccc2c(c1)[C@]1(C[C@H]1c1ccc3c(Nc4nc(N5CCC(F)(F)CC5)ncc4OC)nn(C(=O)OC(C)(C)C)c3c1)C(=O)N2C(=O)O. The van der Waals surface area contributed by atoms with Crippen LogP contribution in [0.25, 0.3) is 10.9 Å². The smallest absolute Gasteiger partial charge is 0.435 e. The van der Waals surface area contributed by atoms with Crippen LogP contribution in [-0.2, 0) is 14.9 Å². The second-order valence-corrected chi connectivity index (χ2v) is 13.6. The van der Waals surface area contributed by atoms with Gasteiger partial charge in [0.2, 0.25) is 11.9 Å². The lowest BCUT2D eigenvalue weighted by molar-refractivity contribution is -0.119. The summed E-state index contributed by atoms with van der Waals surface area (Å²) in [7, 11) is 2.93. The Bertz CT molecular complexity index is 2050. The maximum absolute atomic E-state index is 13.8. The number of carbonyl (C=O) groups excluding carboxylic acids is 2. The third-order valence-corrected chi connectivity index (χ3v) is 9.31. The molecule has 4 heterocycles. The van der Waals surface area contributed by atoms with Crippen molar-refractivity contribution < 1.29 is 42.5 Å². The summed E-state index contributed by atoms with van der Waals surface area (Å²) in [5.74, 6) is -2.30. The van der Waals surface area contributed by atoms with Gasteiger partial charge in [-0.1, -0.05) is 6.07 Å². The molecule has 0 radical (unpaired) electrons. The normalized spacial score (nSPS) is 20.9. The molecule has 0 unspecified atom stereocenters. The number of halogens is 2. The van der Waals surface area contributed by atoms with E-state index in [4.69, 9.17) is 14.2 Å². The van der Waals surface area contributed by atoms with Crippen LogP contribution >= 0.6 is 0 Å². The first-order chi connectivity index (χ1) is 23.7. The molecule has 2 N–H and O–H groups in total. The van der Waals surface area contributed by atoms with E-state index in [1.807, 2.05) is 0 Å². The number of anilines is 4. The van der Waals surface area contributed by atoms with E-state index in [2.05, 4.69) is 20.4 Å². The highest BCUT2D eigenvalue weighted by molar-refractivity contribution is 6.22. The molecule has 2 aromatic heterocycles. The Kier molecular flexibility index (Phi) is 7.60. The van der Waals surface area contributed by atoms with Crippen LogP contribution in [0, 0.1) is 0 Å². The van der Waals surface area contributed by atoms with E-state index >= 15 is 0 Å². The summed E-state index contributed by atoms with van der Waals surface area (Å²) in [6, 6.07) is 10.2. The molecule has 14 nitrogen and oxygen atoms in total. The Balaban J connectivity index is 1.28. The van der Waals surface area contributed by atoms with Crippen LogP contribution < -0.4 is 24.6 Å². The fourth-order valence-electron chi connectivity index (χ4n) is 6.79. The summed E-state index contributed by atoms with van der Waals surface area (Å²) in [5.41, 5.74) is -0.0888. The van der Waals surface area contributed by atoms with Gasteiger partial charge < -0.3 is 29.5 Å². The monoisotopic (exact) mass is 691 g/mol. The average Bonchev–Trinajstić information content (AvgIpc) is 3.65. The van der Waals surface area contributed by atoms with Crippen molar-refractivity contribution >= 4 is 52.3 Å². The molecular weight excluding hydrogens is 656 g/mol. The molecule has 1 aliphatic carbocycles. The number of fused-ring (bicyclic) bond motifs is 3. The third-order valence-electron chi connectivity index (χ3n) is 9.31. The van der Waals surface area contributed by atoms with Crippen LogP contribution in [0.1, 0.15) is 57.1 Å². The Hall–Kier alpha value is -5.54. The van der Waals surface area contributed by atoms with Crippen molar-refractivity contribution in [1.82, 2.24) is 19.7 Å². The molecule has 50 heavy (non-hydrogen) atoms. The van der Waals surface area contributed by atoms with Crippen LogP contribution in [0.3, 0.4) is 0 Å². The molecule has 2 atom stereocenters. The molecule has 16 heteroatoms. The first-order valence-electron chi connectivity index (χ1n) is 16.0. The van der Waals surface area contributed by atoms with E-state index in [0.29, 0.717) is 34.2 Å². The third kappa shape index (κ3) is 5.47. The molecule has 2 amide bonds. The minimum atomic E-state index is -2.74. The lowest BCUT2D eigenvalue weighted by Gasteiger charge is -2.31. The number of ether oxygens (including phenoxy) is 3. The number of aromatic nitrogens is 4. The fraction of sp³-hybridized carbons (Fsp3) is 0.412. The summed E-state index contributed by atoms with van der Waals surface area (Å²) >= 11 is 0. The van der Waals surface area contributed by atoms with E-state index in [1.165, 1.54) is 20.4 Å². The standard InChI is InChI=1S/C34H35F2N7O7/c1-32(2,3)50-31(47)43-24-14-18(22-16-34(22)21-15-19(48-4)7-9-23(21)42(28(34)44)30(45)46)6-8-20(24)26(40-43)38-27-25(49-5)17-37-29(39-27)41-12-10-33(35,36)11-13-41/h6-9,14-15,17,22H,10-13,16H2,1-5H3,(H,45,46)(H,37,38,39,40)/t22-,34-/m0/s1. The highest BCUT2D eigenvalue weighted by atomic mass is 19.3. The van der Waals surface area contributed by atoms with Gasteiger partial charge in [-0.2, -0.15) is 9.67 Å². The molecule has 1 saturated carbocycles. The minimum Gasteiger partial charge on any atom is -0.497 e. The predicted molar refractivity (Wildman–Crippen MR) is 177 cm³/mol. The second-order valence-electron chi connectivity index (χ2n) is 13.6. The number of carboxylic acid groups (broad SMARTS) is 1. The summed E-state index contributed by atoms with van der Waals surface area (Å²) in [5, 5.41) is 18.1. The minimum absolute atomic E-state index is 0.0738. The van der Waals surface area contributed by atoms with E-state index in [9.17, 15) is 28.3 Å². The molecule has 2 aromatic carbocycles. The van der Waals surface area contributed by atoms with Gasteiger partial charge in [0, 0.05) is 37.2 Å². The zero-order valence-corrected chi connectivity index (χ0v) is 28.0. The number of hydrogen-bond donors (Lipinski definition) is 2. The van der Waals surface area contributed by atoms with Crippen LogP contribution in [0.2, 0.25) is 0 Å². The van der Waals surface area contributed by atoms with Gasteiger partial charge in [-0.15, -0.1) is 5.10 Å². The lowest BCUT2D eigenvalue weighted by Crippen LogP contribution is -2.40. The predicted octanol–water partition coefficient (Wildman–Crippen LogP) is 6.06. The van der Waals surface area contributed by atoms with Crippen molar-refractivity contribution in [1.29, 1.82) is 0 Å². The Morgan fingerprint density at radius 2 is 1.78 bits per heavy atom. The molecule has 1 saturated heterocycles. The number of rotatable bonds is 6. The molecular formula is C34H35F2N7O7. The van der Waals surface area contributed by atoms with Crippen LogP contribution in [0.4, 0.5) is 41.6 Å². The van der Waals surface area contributed by atoms with E-state index in [-0.39, 0.29) is 55.0 Å². The van der Waals surface area contributed by atoms with Gasteiger partial charge in [-0.05, 0) is 68.7 Å². The number of alkyl halides is 2. The summed E-state index contributed by atoms with van der Waals surface area (Å²) < 4.78 is 45.3. The average molecular weight is 692 g/mol. The van der Waals surface area contributed by atoms with Gasteiger partial charge in [-0.25, -0.2) is 28.3 Å². The number of methoxy groups -OCH3 is 2. The van der Waals surface area contributed by atoms with Crippen LogP contribution in [-0.4, -0.2) is 81.8 Å². The molecule has 2 fully saturated rings. The Morgan fingerprint density at radius 1 is 1.04 bits per heavy atom. The number of benzene rings is 2. The number of carbonyl (C=O) groups is 3. The number of amides is 2. The fourth-order valence-corrected chi connectivity index (χ4v) is 6.79. The van der Waals surface area contributed by atoms with Crippen LogP contribution in [0.15, 0.2) is 42.6 Å². The van der Waals surface area contributed by atoms with E-state index in [1.54, 1.807) is 62.1 Å². The molecule has 1 spiro atoms. The molecule has 3 aliphatic rings. The number of nitrogens with one attached hydrogen (secondary N) is 1. The quantitative estimate of drug-likeness (QED) is 0.241. The molecule has 262 valence electrons. The van der Waals surface area contributed by atoms with E-state index in [0.717, 1.165) is 9.58 Å². The number of piperidine rings is 1. The van der Waals surface area contributed by atoms with Gasteiger partial charge in [0.05, 0.1) is 37.0 Å². The number of hydrogen-bond acceptors (Lipinski definition) is 11. The highest BCUT2D eigenvalue weighted by Crippen LogP contribution is 2.67. The van der Waals surface area contributed by atoms with Gasteiger partial charge in [0.1, 0.15) is 11.4 Å². The Labute approximate surface area is 284 Å². The van der Waals surface area contributed by atoms with E-state index < -0.39 is 41.0 Å². The van der Waals surface area contributed by atoms with Crippen molar-refractivity contribution in [2.24, 2.45) is 0 Å². The van der Waals surface area contributed by atoms with Crippen molar-refractivity contribution in [3.63, 3.8) is 0 Å². The highest BCUT2D eigenvalue weighted by Gasteiger charge is 2.68. The summed E-state index contributed by atoms with van der Waals surface area (Å²) in [4.78, 5) is 50.8. The second kappa shape index (κ2) is 11.5. The zero-order chi connectivity index (χ0) is 35.7. The topological polar surface area (TPSA) is 161 Å².